The first kappa shape index (κ1) is 16.4. The van der Waals surface area contributed by atoms with E-state index in [9.17, 15) is 14.9 Å². The molecule has 0 heterocycles. The van der Waals surface area contributed by atoms with Gasteiger partial charge in [0.2, 0.25) is 0 Å². The highest BCUT2D eigenvalue weighted by atomic mass is 32.2. The fourth-order valence-electron chi connectivity index (χ4n) is 1.66. The zero-order valence-corrected chi connectivity index (χ0v) is 13.4. The molecule has 0 fully saturated rings. The molecule has 6 heteroatoms. The molecule has 0 N–H and O–H groups in total. The van der Waals surface area contributed by atoms with Crippen LogP contribution in [-0.4, -0.2) is 10.9 Å². The fraction of sp³-hybridized carbons (Fsp3) is 0.125. The maximum atomic E-state index is 11.0. The minimum absolute atomic E-state index is 0.0355. The van der Waals surface area contributed by atoms with Gasteiger partial charge < -0.3 is 0 Å². The number of rotatable bonds is 6. The second kappa shape index (κ2) is 7.84. The van der Waals surface area contributed by atoms with Crippen molar-refractivity contribution in [1.82, 2.24) is 0 Å². The highest BCUT2D eigenvalue weighted by Gasteiger charge is 2.07. The summed E-state index contributed by atoms with van der Waals surface area (Å²) in [6, 6.07) is 14.2. The summed E-state index contributed by atoms with van der Waals surface area (Å²) >= 11 is 2.67. The summed E-state index contributed by atoms with van der Waals surface area (Å²) in [6.07, 6.45) is 0. The van der Waals surface area contributed by atoms with Crippen LogP contribution in [0, 0.1) is 17.0 Å². The monoisotopic (exact) mass is 331 g/mol. The second-order valence-corrected chi connectivity index (χ2v) is 6.84. The third-order valence-corrected chi connectivity index (χ3v) is 5.04. The topological polar surface area (TPSA) is 60.2 Å². The Balaban J connectivity index is 1.96. The van der Waals surface area contributed by atoms with Crippen molar-refractivity contribution in [1.29, 1.82) is 0 Å². The first-order valence-corrected chi connectivity index (χ1v) is 8.24. The third-order valence-electron chi connectivity index (χ3n) is 2.83. The predicted octanol–water partition coefficient (Wildman–Crippen LogP) is 4.60. The summed E-state index contributed by atoms with van der Waals surface area (Å²) in [5, 5.41) is 10.6. The molecule has 22 heavy (non-hydrogen) atoms. The van der Waals surface area contributed by atoms with Crippen LogP contribution in [-0.2, 0) is 10.5 Å². The highest BCUT2D eigenvalue weighted by Crippen LogP contribution is 2.35. The maximum Gasteiger partial charge on any atom is 0.269 e. The molecule has 2 rings (SSSR count). The Bertz CT molecular complexity index is 705. The molecule has 0 aliphatic rings. The average molecular weight is 331 g/mol. The Morgan fingerprint density at radius 2 is 1.77 bits per heavy atom. The van der Waals surface area contributed by atoms with Crippen molar-refractivity contribution in [2.24, 2.45) is 0 Å². The van der Waals surface area contributed by atoms with Gasteiger partial charge >= 0.3 is 0 Å². The normalized spacial score (nSPS) is 10.0. The lowest BCUT2D eigenvalue weighted by atomic mass is 10.2. The van der Waals surface area contributed by atoms with Gasteiger partial charge in [-0.25, -0.2) is 4.79 Å². The fourth-order valence-corrected chi connectivity index (χ4v) is 3.43. The van der Waals surface area contributed by atoms with Crippen LogP contribution in [0.25, 0.3) is 0 Å². The molecule has 0 aromatic heterocycles. The van der Waals surface area contributed by atoms with Gasteiger partial charge in [0.15, 0.2) is 0 Å². The second-order valence-electron chi connectivity index (χ2n) is 4.52. The predicted molar refractivity (Wildman–Crippen MR) is 90.6 cm³/mol. The summed E-state index contributed by atoms with van der Waals surface area (Å²) in [4.78, 5) is 22.0. The van der Waals surface area contributed by atoms with Crippen LogP contribution >= 0.6 is 23.5 Å². The van der Waals surface area contributed by atoms with E-state index in [0.717, 1.165) is 10.5 Å². The van der Waals surface area contributed by atoms with Gasteiger partial charge in [-0.05, 0) is 24.6 Å². The quantitative estimate of drug-likeness (QED) is 0.335. The van der Waals surface area contributed by atoms with Crippen LogP contribution in [0.1, 0.15) is 11.1 Å². The van der Waals surface area contributed by atoms with Crippen LogP contribution < -0.4 is 0 Å². The van der Waals surface area contributed by atoms with Gasteiger partial charge in [0.05, 0.1) is 4.92 Å². The van der Waals surface area contributed by atoms with E-state index in [-0.39, 0.29) is 5.69 Å². The van der Waals surface area contributed by atoms with Gasteiger partial charge in [-0.2, -0.15) is 0 Å². The first-order valence-electron chi connectivity index (χ1n) is 6.44. The zero-order chi connectivity index (χ0) is 15.9. The molecule has 4 nitrogen and oxygen atoms in total. The molecule has 0 saturated carbocycles. The van der Waals surface area contributed by atoms with Crippen molar-refractivity contribution in [2.75, 3.05) is 0 Å². The number of hydrogen-bond acceptors (Lipinski definition) is 5. The zero-order valence-electron chi connectivity index (χ0n) is 11.8. The summed E-state index contributed by atoms with van der Waals surface area (Å²) in [5.74, 6) is 2.61. The Hall–Kier alpha value is -2.01. The Labute approximate surface area is 136 Å². The van der Waals surface area contributed by atoms with Gasteiger partial charge in [0, 0.05) is 22.8 Å². The van der Waals surface area contributed by atoms with Gasteiger partial charge in [0.1, 0.15) is 10.2 Å². The van der Waals surface area contributed by atoms with Crippen LogP contribution in [0.15, 0.2) is 57.7 Å². The molecule has 112 valence electrons. The lowest BCUT2D eigenvalue weighted by Crippen LogP contribution is -1.86. The summed E-state index contributed by atoms with van der Waals surface area (Å²) in [5.41, 5.74) is 2.36. The van der Waals surface area contributed by atoms with Crippen LogP contribution in [0.5, 0.6) is 0 Å². The molecule has 2 aromatic rings. The number of thioether (sulfide) groups is 2. The van der Waals surface area contributed by atoms with Gasteiger partial charge in [0.25, 0.3) is 5.69 Å². The lowest BCUT2D eigenvalue weighted by Gasteiger charge is -2.04. The number of hydrogen-bond donors (Lipinski definition) is 0. The van der Waals surface area contributed by atoms with E-state index < -0.39 is 4.92 Å². The Morgan fingerprint density at radius 1 is 1.14 bits per heavy atom. The van der Waals surface area contributed by atoms with Crippen molar-refractivity contribution in [3.8, 4) is 0 Å². The van der Waals surface area contributed by atoms with Gasteiger partial charge in [-0.1, -0.05) is 41.6 Å². The molecule has 0 bridgehead atoms. The standard InChI is InChI=1S/C16H13NO3S2/c1-12-2-4-13(5-3-12)11-21-16(10-18)22-15-8-6-14(7-9-15)17(19)20/h2-9H,11H2,1H3. The van der Waals surface area contributed by atoms with Gasteiger partial charge in [-0.15, -0.1) is 11.8 Å². The number of aryl methyl sites for hydroxylation is 1. The Morgan fingerprint density at radius 3 is 2.32 bits per heavy atom. The van der Waals surface area contributed by atoms with E-state index in [0.29, 0.717) is 9.99 Å². The average Bonchev–Trinajstić information content (AvgIpc) is 2.53. The number of carbonyl (C=O) groups excluding carboxylic acids is 1. The van der Waals surface area contributed by atoms with Crippen molar-refractivity contribution in [3.63, 3.8) is 0 Å². The maximum absolute atomic E-state index is 11.0. The molecule has 0 spiro atoms. The smallest absolute Gasteiger partial charge is 0.258 e. The largest absolute Gasteiger partial charge is 0.269 e. The van der Waals surface area contributed by atoms with Crippen molar-refractivity contribution in [3.05, 3.63) is 74.0 Å². The first-order chi connectivity index (χ1) is 10.6. The van der Waals surface area contributed by atoms with E-state index in [4.69, 9.17) is 0 Å². The van der Waals surface area contributed by atoms with Crippen molar-refractivity contribution >= 4 is 35.2 Å². The van der Waals surface area contributed by atoms with E-state index in [2.05, 4.69) is 0 Å². The van der Waals surface area contributed by atoms with Crippen molar-refractivity contribution in [2.45, 2.75) is 17.6 Å². The summed E-state index contributed by atoms with van der Waals surface area (Å²) < 4.78 is 0.509. The SMILES string of the molecule is Cc1ccc(CSC(=C=O)Sc2ccc([N+](=O)[O-])cc2)cc1. The molecule has 0 radical (unpaired) electrons. The van der Waals surface area contributed by atoms with Crippen molar-refractivity contribution < 1.29 is 9.72 Å². The molecule has 0 saturated heterocycles. The number of nitro groups is 1. The minimum Gasteiger partial charge on any atom is -0.258 e. The number of nitro benzene ring substituents is 1. The van der Waals surface area contributed by atoms with E-state index in [1.54, 1.807) is 12.1 Å². The molecular formula is C16H13NO3S2. The number of nitrogens with zero attached hydrogens (tertiary/aromatic N) is 1. The molecule has 2 aromatic carbocycles. The number of non-ortho nitro benzene ring substituents is 1. The van der Waals surface area contributed by atoms with Crippen LogP contribution in [0.2, 0.25) is 0 Å². The minimum atomic E-state index is -0.447. The number of benzene rings is 2. The van der Waals surface area contributed by atoms with Crippen LogP contribution in [0.4, 0.5) is 5.69 Å². The third kappa shape index (κ3) is 4.77. The summed E-state index contributed by atoms with van der Waals surface area (Å²) in [7, 11) is 0. The highest BCUT2D eigenvalue weighted by molar-refractivity contribution is 8.22. The lowest BCUT2D eigenvalue weighted by molar-refractivity contribution is -0.384. The molecule has 0 atom stereocenters. The van der Waals surface area contributed by atoms with E-state index >= 15 is 0 Å². The van der Waals surface area contributed by atoms with E-state index in [1.807, 2.05) is 37.1 Å². The summed E-state index contributed by atoms with van der Waals surface area (Å²) in [6.45, 7) is 2.03. The molecule has 0 amide bonds. The Kier molecular flexibility index (Phi) is 5.83. The molecular weight excluding hydrogens is 318 g/mol. The van der Waals surface area contributed by atoms with Crippen LogP contribution in [0.3, 0.4) is 0 Å². The molecule has 0 aliphatic heterocycles. The molecule has 0 aliphatic carbocycles. The molecule has 0 unspecified atom stereocenters. The van der Waals surface area contributed by atoms with E-state index in [1.165, 1.54) is 41.2 Å². The van der Waals surface area contributed by atoms with Gasteiger partial charge in [-0.3, -0.25) is 10.1 Å².